The van der Waals surface area contributed by atoms with Crippen molar-refractivity contribution in [2.75, 3.05) is 13.1 Å². The molecule has 3 nitrogen and oxygen atoms in total. The van der Waals surface area contributed by atoms with E-state index in [4.69, 9.17) is 5.73 Å². The molecule has 17 heavy (non-hydrogen) atoms. The minimum atomic E-state index is -4.59. The van der Waals surface area contributed by atoms with Gasteiger partial charge in [-0.25, -0.2) is 0 Å². The molecule has 3 N–H and O–H groups in total. The van der Waals surface area contributed by atoms with Crippen LogP contribution in [0, 0.1) is 0 Å². The summed E-state index contributed by atoms with van der Waals surface area (Å²) in [7, 11) is 0. The van der Waals surface area contributed by atoms with E-state index in [0.29, 0.717) is 6.42 Å². The Morgan fingerprint density at radius 1 is 1.29 bits per heavy atom. The first-order valence-electron chi connectivity index (χ1n) is 5.07. The number of benzene rings is 1. The first-order chi connectivity index (χ1) is 7.96. The summed E-state index contributed by atoms with van der Waals surface area (Å²) in [6.45, 7) is 0.259. The number of phenols is 1. The van der Waals surface area contributed by atoms with Gasteiger partial charge in [0.1, 0.15) is 11.5 Å². The zero-order valence-electron chi connectivity index (χ0n) is 9.04. The highest BCUT2D eigenvalue weighted by atomic mass is 19.4. The summed E-state index contributed by atoms with van der Waals surface area (Å²) in [5, 5.41) is 9.40. The third-order valence-corrected chi connectivity index (χ3v) is 2.06. The SMILES string of the molecule is NCCCN=C(c1ccccc1O)C(F)(F)F. The van der Waals surface area contributed by atoms with Gasteiger partial charge in [0.25, 0.3) is 0 Å². The first kappa shape index (κ1) is 13.5. The molecule has 1 aromatic rings. The number of alkyl halides is 3. The van der Waals surface area contributed by atoms with Crippen molar-refractivity contribution in [3.63, 3.8) is 0 Å². The fraction of sp³-hybridized carbons (Fsp3) is 0.364. The normalized spacial score (nSPS) is 12.8. The average molecular weight is 246 g/mol. The molecular formula is C11H13F3N2O. The molecule has 0 bridgehead atoms. The van der Waals surface area contributed by atoms with Crippen molar-refractivity contribution in [2.45, 2.75) is 12.6 Å². The van der Waals surface area contributed by atoms with Crippen LogP contribution in [0.4, 0.5) is 13.2 Å². The van der Waals surface area contributed by atoms with Gasteiger partial charge in [0, 0.05) is 12.1 Å². The molecule has 94 valence electrons. The predicted octanol–water partition coefficient (Wildman–Crippen LogP) is 2.09. The predicted molar refractivity (Wildman–Crippen MR) is 59.2 cm³/mol. The number of aromatic hydroxyl groups is 1. The molecule has 0 aliphatic carbocycles. The third kappa shape index (κ3) is 3.74. The van der Waals surface area contributed by atoms with Crippen LogP contribution in [0.2, 0.25) is 0 Å². The number of hydrogen-bond donors (Lipinski definition) is 2. The zero-order chi connectivity index (χ0) is 12.9. The summed E-state index contributed by atoms with van der Waals surface area (Å²) in [5.41, 5.74) is 3.82. The Balaban J connectivity index is 3.08. The van der Waals surface area contributed by atoms with E-state index in [0.717, 1.165) is 0 Å². The topological polar surface area (TPSA) is 58.6 Å². The number of nitrogens with two attached hydrogens (primary N) is 1. The van der Waals surface area contributed by atoms with E-state index >= 15 is 0 Å². The van der Waals surface area contributed by atoms with Gasteiger partial charge in [-0.15, -0.1) is 0 Å². The van der Waals surface area contributed by atoms with Crippen molar-refractivity contribution in [3.8, 4) is 5.75 Å². The van der Waals surface area contributed by atoms with E-state index in [1.165, 1.54) is 24.3 Å². The highest BCUT2D eigenvalue weighted by Gasteiger charge is 2.37. The smallest absolute Gasteiger partial charge is 0.433 e. The number of halogens is 3. The summed E-state index contributed by atoms with van der Waals surface area (Å²) in [6.07, 6.45) is -4.22. The summed E-state index contributed by atoms with van der Waals surface area (Å²) >= 11 is 0. The fourth-order valence-corrected chi connectivity index (χ4v) is 1.28. The van der Waals surface area contributed by atoms with Crippen LogP contribution in [0.15, 0.2) is 29.3 Å². The molecule has 6 heteroatoms. The number of aliphatic imine (C=N–C) groups is 1. The van der Waals surface area contributed by atoms with Crippen LogP contribution in [0.5, 0.6) is 5.75 Å². The van der Waals surface area contributed by atoms with Crippen molar-refractivity contribution in [1.82, 2.24) is 0 Å². The average Bonchev–Trinajstić information content (AvgIpc) is 2.24. The molecule has 0 aliphatic rings. The van der Waals surface area contributed by atoms with Gasteiger partial charge in [-0.3, -0.25) is 4.99 Å². The lowest BCUT2D eigenvalue weighted by molar-refractivity contribution is -0.0583. The molecule has 0 atom stereocenters. The van der Waals surface area contributed by atoms with Gasteiger partial charge in [-0.2, -0.15) is 13.2 Å². The second-order valence-electron chi connectivity index (χ2n) is 3.39. The molecule has 0 radical (unpaired) electrons. The molecule has 0 unspecified atom stereocenters. The Hall–Kier alpha value is -1.56. The molecule has 0 saturated carbocycles. The number of hydrogen-bond acceptors (Lipinski definition) is 3. The molecule has 1 aromatic carbocycles. The van der Waals surface area contributed by atoms with E-state index in [1.54, 1.807) is 0 Å². The summed E-state index contributed by atoms with van der Waals surface area (Å²) in [6, 6.07) is 5.25. The fourth-order valence-electron chi connectivity index (χ4n) is 1.28. The Labute approximate surface area is 96.8 Å². The third-order valence-electron chi connectivity index (χ3n) is 2.06. The summed E-state index contributed by atoms with van der Waals surface area (Å²) < 4.78 is 38.2. The van der Waals surface area contributed by atoms with Crippen LogP contribution in [0.25, 0.3) is 0 Å². The lowest BCUT2D eigenvalue weighted by Gasteiger charge is -2.12. The Morgan fingerprint density at radius 2 is 1.94 bits per heavy atom. The maximum absolute atomic E-state index is 12.7. The van der Waals surface area contributed by atoms with Gasteiger partial charge in [-0.1, -0.05) is 12.1 Å². The molecule has 0 aliphatic heterocycles. The molecule has 0 saturated heterocycles. The van der Waals surface area contributed by atoms with Crippen molar-refractivity contribution in [1.29, 1.82) is 0 Å². The van der Waals surface area contributed by atoms with Gasteiger partial charge in [0.05, 0.1) is 0 Å². The Morgan fingerprint density at radius 3 is 2.47 bits per heavy atom. The van der Waals surface area contributed by atoms with Crippen molar-refractivity contribution in [3.05, 3.63) is 29.8 Å². The van der Waals surface area contributed by atoms with E-state index in [1.807, 2.05) is 0 Å². The Kier molecular flexibility index (Phi) is 4.51. The number of rotatable bonds is 4. The molecule has 0 aromatic heterocycles. The number of nitrogens with zero attached hydrogens (tertiary/aromatic N) is 1. The summed E-state index contributed by atoms with van der Waals surface area (Å²) in [5.74, 6) is -0.434. The minimum absolute atomic E-state index is 0.0142. The van der Waals surface area contributed by atoms with Crippen LogP contribution < -0.4 is 5.73 Å². The first-order valence-corrected chi connectivity index (χ1v) is 5.07. The van der Waals surface area contributed by atoms with Crippen molar-refractivity contribution >= 4 is 5.71 Å². The highest BCUT2D eigenvalue weighted by Crippen LogP contribution is 2.27. The zero-order valence-corrected chi connectivity index (χ0v) is 9.04. The van der Waals surface area contributed by atoms with Gasteiger partial charge in [0.15, 0.2) is 0 Å². The standard InChI is InChI=1S/C11H13F3N2O/c12-11(13,14)10(16-7-3-6-15)8-4-1-2-5-9(8)17/h1-2,4-5,17H,3,6-7,15H2. The second-order valence-corrected chi connectivity index (χ2v) is 3.39. The minimum Gasteiger partial charge on any atom is -0.507 e. The molecule has 1 rings (SSSR count). The number of phenolic OH excluding ortho intramolecular Hbond substituents is 1. The van der Waals surface area contributed by atoms with Crippen LogP contribution in [-0.2, 0) is 0 Å². The maximum atomic E-state index is 12.7. The van der Waals surface area contributed by atoms with Crippen LogP contribution >= 0.6 is 0 Å². The maximum Gasteiger partial charge on any atom is 0.433 e. The van der Waals surface area contributed by atoms with E-state index in [-0.39, 0.29) is 18.7 Å². The number of para-hydroxylation sites is 1. The molecule has 0 amide bonds. The van der Waals surface area contributed by atoms with E-state index < -0.39 is 17.6 Å². The van der Waals surface area contributed by atoms with Gasteiger partial charge < -0.3 is 10.8 Å². The van der Waals surface area contributed by atoms with Gasteiger partial charge in [-0.05, 0) is 25.1 Å². The second kappa shape index (κ2) is 5.67. The monoisotopic (exact) mass is 246 g/mol. The van der Waals surface area contributed by atoms with Crippen LogP contribution in [0.3, 0.4) is 0 Å². The highest BCUT2D eigenvalue weighted by molar-refractivity contribution is 6.06. The largest absolute Gasteiger partial charge is 0.507 e. The molecule has 0 spiro atoms. The molecule has 0 fully saturated rings. The summed E-state index contributed by atoms with van der Waals surface area (Å²) in [4.78, 5) is 3.47. The van der Waals surface area contributed by atoms with Crippen molar-refractivity contribution in [2.24, 2.45) is 10.7 Å². The van der Waals surface area contributed by atoms with Crippen molar-refractivity contribution < 1.29 is 18.3 Å². The lowest BCUT2D eigenvalue weighted by Crippen LogP contribution is -2.24. The Bertz CT molecular complexity index is 402. The van der Waals surface area contributed by atoms with E-state index in [9.17, 15) is 18.3 Å². The van der Waals surface area contributed by atoms with Crippen LogP contribution in [0.1, 0.15) is 12.0 Å². The quantitative estimate of drug-likeness (QED) is 0.631. The van der Waals surface area contributed by atoms with Gasteiger partial charge >= 0.3 is 6.18 Å². The van der Waals surface area contributed by atoms with Crippen LogP contribution in [-0.4, -0.2) is 30.1 Å². The molecular weight excluding hydrogens is 233 g/mol. The molecule has 0 heterocycles. The van der Waals surface area contributed by atoms with E-state index in [2.05, 4.69) is 4.99 Å². The van der Waals surface area contributed by atoms with Gasteiger partial charge in [0.2, 0.25) is 0 Å². The lowest BCUT2D eigenvalue weighted by atomic mass is 10.1.